The van der Waals surface area contributed by atoms with Crippen LogP contribution in [-0.4, -0.2) is 20.3 Å². The topological polar surface area (TPSA) is 47.8 Å². The molecule has 164 valence electrons. The Bertz CT molecular complexity index is 1290. The van der Waals surface area contributed by atoms with E-state index in [4.69, 9.17) is 0 Å². The van der Waals surface area contributed by atoms with Gasteiger partial charge >= 0.3 is 0 Å². The molecular formula is C24H20ClF2N3OS. The van der Waals surface area contributed by atoms with Crippen molar-refractivity contribution in [3.63, 3.8) is 0 Å². The fourth-order valence-corrected chi connectivity index (χ4v) is 5.05. The Kier molecular flexibility index (Phi) is 6.22. The van der Waals surface area contributed by atoms with Crippen LogP contribution in [0.25, 0.3) is 16.1 Å². The molecule has 0 bridgehead atoms. The molecule has 0 saturated heterocycles. The Morgan fingerprint density at radius 2 is 1.94 bits per heavy atom. The number of carbonyl (C=O) groups excluding carboxylic acids is 1. The number of imidazole rings is 1. The van der Waals surface area contributed by atoms with E-state index >= 15 is 0 Å². The van der Waals surface area contributed by atoms with Gasteiger partial charge in [-0.1, -0.05) is 12.1 Å². The lowest BCUT2D eigenvalue weighted by atomic mass is 10.0. The Morgan fingerprint density at radius 1 is 1.16 bits per heavy atom. The van der Waals surface area contributed by atoms with Gasteiger partial charge in [-0.2, -0.15) is 0 Å². The summed E-state index contributed by atoms with van der Waals surface area (Å²) in [7, 11) is 0. The predicted molar refractivity (Wildman–Crippen MR) is 123 cm³/mol. The number of Topliss-reactive ketones (excluding diaryl/α,β-unsaturated/α-hetero) is 1. The molecule has 0 N–H and O–H groups in total. The van der Waals surface area contributed by atoms with Gasteiger partial charge in [-0.15, -0.1) is 23.7 Å². The molecule has 4 aromatic rings. The molecule has 0 saturated carbocycles. The first-order valence-electron chi connectivity index (χ1n) is 10.1. The largest absolute Gasteiger partial charge is 0.306 e. The van der Waals surface area contributed by atoms with Crippen LogP contribution in [0.15, 0.2) is 48.9 Å². The third-order valence-electron chi connectivity index (χ3n) is 5.54. The van der Waals surface area contributed by atoms with Gasteiger partial charge in [0.25, 0.3) is 0 Å². The monoisotopic (exact) mass is 471 g/mol. The predicted octanol–water partition coefficient (Wildman–Crippen LogP) is 5.92. The van der Waals surface area contributed by atoms with Gasteiger partial charge in [-0.05, 0) is 61.6 Å². The number of carbonyl (C=O) groups is 1. The number of benzene rings is 2. The van der Waals surface area contributed by atoms with Gasteiger partial charge in [0.1, 0.15) is 11.6 Å². The smallest absolute Gasteiger partial charge is 0.195 e. The van der Waals surface area contributed by atoms with E-state index in [1.54, 1.807) is 6.33 Å². The lowest BCUT2D eigenvalue weighted by Crippen LogP contribution is -2.07. The number of thiazole rings is 1. The second-order valence-electron chi connectivity index (χ2n) is 7.71. The number of aryl methyl sites for hydroxylation is 3. The van der Waals surface area contributed by atoms with Crippen molar-refractivity contribution >= 4 is 29.5 Å². The normalized spacial score (nSPS) is 12.5. The van der Waals surface area contributed by atoms with Crippen molar-refractivity contribution in [3.05, 3.63) is 88.1 Å². The van der Waals surface area contributed by atoms with E-state index in [0.717, 1.165) is 46.8 Å². The molecular weight excluding hydrogens is 452 g/mol. The molecule has 32 heavy (non-hydrogen) atoms. The van der Waals surface area contributed by atoms with Crippen molar-refractivity contribution in [2.75, 3.05) is 0 Å². The molecule has 0 radical (unpaired) electrons. The maximum atomic E-state index is 14.0. The van der Waals surface area contributed by atoms with Gasteiger partial charge in [0.15, 0.2) is 10.8 Å². The van der Waals surface area contributed by atoms with E-state index in [2.05, 4.69) is 28.2 Å². The number of fused-ring (bicyclic) bond motifs is 3. The fraction of sp³-hybridized carbons (Fsp3) is 0.208. The molecule has 4 nitrogen and oxygen atoms in total. The standard InChI is InChI=1S/C24H19F2N3OS.ClH/c1-14-12-29(13-27-14)16-9-8-15-4-2-7-21-23(17(15)10-16)31-24(28-21)22(30)11-18-19(25)5-3-6-20(18)26;/h3,5-6,8-10,12-13H,2,4,7,11H2,1H3;1H. The third-order valence-corrected chi connectivity index (χ3v) is 6.71. The highest BCUT2D eigenvalue weighted by Crippen LogP contribution is 2.38. The van der Waals surface area contributed by atoms with Crippen LogP contribution in [0, 0.1) is 18.6 Å². The quantitative estimate of drug-likeness (QED) is 0.347. The minimum absolute atomic E-state index is 0. The Balaban J connectivity index is 0.00000245. The molecule has 1 aliphatic carbocycles. The maximum Gasteiger partial charge on any atom is 0.195 e. The Hall–Kier alpha value is -2.90. The molecule has 2 aromatic carbocycles. The summed E-state index contributed by atoms with van der Waals surface area (Å²) in [6.45, 7) is 1.94. The zero-order valence-corrected chi connectivity index (χ0v) is 18.9. The van der Waals surface area contributed by atoms with Gasteiger partial charge < -0.3 is 4.57 Å². The minimum Gasteiger partial charge on any atom is -0.306 e. The number of rotatable bonds is 4. The highest BCUT2D eigenvalue weighted by Gasteiger charge is 2.24. The molecule has 0 unspecified atom stereocenters. The minimum atomic E-state index is -0.711. The highest BCUT2D eigenvalue weighted by atomic mass is 35.5. The van der Waals surface area contributed by atoms with Crippen molar-refractivity contribution in [2.45, 2.75) is 32.6 Å². The lowest BCUT2D eigenvalue weighted by molar-refractivity contribution is 0.0990. The Morgan fingerprint density at radius 3 is 2.66 bits per heavy atom. The third kappa shape index (κ3) is 4.10. The summed E-state index contributed by atoms with van der Waals surface area (Å²) in [6, 6.07) is 9.91. The summed E-state index contributed by atoms with van der Waals surface area (Å²) in [5, 5.41) is 0.296. The second-order valence-corrected chi connectivity index (χ2v) is 8.71. The van der Waals surface area contributed by atoms with Crippen molar-refractivity contribution in [2.24, 2.45) is 0 Å². The van der Waals surface area contributed by atoms with E-state index < -0.39 is 11.6 Å². The zero-order chi connectivity index (χ0) is 21.5. The van der Waals surface area contributed by atoms with Gasteiger partial charge in [0, 0.05) is 23.9 Å². The number of aromatic nitrogens is 3. The molecule has 2 aromatic heterocycles. The van der Waals surface area contributed by atoms with E-state index in [1.165, 1.54) is 35.1 Å². The van der Waals surface area contributed by atoms with Crippen LogP contribution in [0.3, 0.4) is 0 Å². The van der Waals surface area contributed by atoms with E-state index in [9.17, 15) is 13.6 Å². The molecule has 0 aliphatic heterocycles. The first-order valence-corrected chi connectivity index (χ1v) is 10.9. The molecule has 0 fully saturated rings. The van der Waals surface area contributed by atoms with Crippen LogP contribution < -0.4 is 0 Å². The van der Waals surface area contributed by atoms with Gasteiger partial charge in [-0.3, -0.25) is 4.79 Å². The summed E-state index contributed by atoms with van der Waals surface area (Å²) in [4.78, 5) is 22.7. The maximum absolute atomic E-state index is 14.0. The average molecular weight is 472 g/mol. The molecule has 1 aliphatic rings. The number of hydrogen-bond donors (Lipinski definition) is 0. The molecule has 2 heterocycles. The van der Waals surface area contributed by atoms with Crippen LogP contribution in [-0.2, 0) is 19.3 Å². The molecule has 0 spiro atoms. The van der Waals surface area contributed by atoms with E-state index in [1.807, 2.05) is 17.7 Å². The van der Waals surface area contributed by atoms with Crippen LogP contribution in [0.5, 0.6) is 0 Å². The van der Waals surface area contributed by atoms with Crippen LogP contribution in [0.2, 0.25) is 0 Å². The zero-order valence-electron chi connectivity index (χ0n) is 17.3. The summed E-state index contributed by atoms with van der Waals surface area (Å²) in [6.07, 6.45) is 6.03. The summed E-state index contributed by atoms with van der Waals surface area (Å²) >= 11 is 1.31. The average Bonchev–Trinajstić information content (AvgIpc) is 3.34. The summed E-state index contributed by atoms with van der Waals surface area (Å²) in [5.41, 5.74) is 4.85. The van der Waals surface area contributed by atoms with Crippen molar-refractivity contribution in [3.8, 4) is 16.1 Å². The van der Waals surface area contributed by atoms with Gasteiger partial charge in [0.05, 0.1) is 22.6 Å². The number of ketones is 1. The summed E-state index contributed by atoms with van der Waals surface area (Å²) in [5.74, 6) is -1.79. The van der Waals surface area contributed by atoms with E-state index in [-0.39, 0.29) is 30.2 Å². The van der Waals surface area contributed by atoms with Crippen molar-refractivity contribution in [1.29, 1.82) is 0 Å². The Labute approximate surface area is 194 Å². The molecule has 8 heteroatoms. The van der Waals surface area contributed by atoms with E-state index in [0.29, 0.717) is 5.01 Å². The lowest BCUT2D eigenvalue weighted by Gasteiger charge is -2.09. The first kappa shape index (κ1) is 22.3. The van der Waals surface area contributed by atoms with Crippen LogP contribution in [0.1, 0.15) is 38.7 Å². The van der Waals surface area contributed by atoms with Gasteiger partial charge in [0.2, 0.25) is 0 Å². The number of hydrogen-bond acceptors (Lipinski definition) is 4. The second kappa shape index (κ2) is 8.92. The van der Waals surface area contributed by atoms with Crippen LogP contribution in [0.4, 0.5) is 8.78 Å². The van der Waals surface area contributed by atoms with Crippen molar-refractivity contribution in [1.82, 2.24) is 14.5 Å². The number of halogens is 3. The highest BCUT2D eigenvalue weighted by molar-refractivity contribution is 7.17. The van der Waals surface area contributed by atoms with Crippen LogP contribution >= 0.6 is 23.7 Å². The van der Waals surface area contributed by atoms with Gasteiger partial charge in [-0.25, -0.2) is 18.7 Å². The first-order chi connectivity index (χ1) is 15.0. The molecule has 0 atom stereocenters. The number of nitrogens with zero attached hydrogens (tertiary/aromatic N) is 3. The molecule has 5 rings (SSSR count). The SMILES string of the molecule is Cc1cn(-c2ccc3c(c2)-c2sc(C(=O)Cc4c(F)cccc4F)nc2CCC3)cn1.Cl. The van der Waals surface area contributed by atoms with Crippen molar-refractivity contribution < 1.29 is 13.6 Å². The summed E-state index contributed by atoms with van der Waals surface area (Å²) < 4.78 is 30.0. The molecule has 0 amide bonds. The fourth-order valence-electron chi connectivity index (χ4n) is 3.95.